The molecule has 2 heteroatoms. The van der Waals surface area contributed by atoms with Crippen LogP contribution in [0.1, 0.15) is 52.4 Å². The highest BCUT2D eigenvalue weighted by atomic mass is 15.2. The minimum absolute atomic E-state index is 0.355. The van der Waals surface area contributed by atoms with Gasteiger partial charge in [-0.25, -0.2) is 0 Å². The van der Waals surface area contributed by atoms with Crippen molar-refractivity contribution in [1.29, 1.82) is 0 Å². The summed E-state index contributed by atoms with van der Waals surface area (Å²) in [4.78, 5) is 2.79. The predicted octanol–water partition coefficient (Wildman–Crippen LogP) is 2.63. The molecular formula is C15H28N2. The van der Waals surface area contributed by atoms with Crippen molar-refractivity contribution in [3.8, 4) is 0 Å². The van der Waals surface area contributed by atoms with Crippen LogP contribution in [-0.4, -0.2) is 30.1 Å². The summed E-state index contributed by atoms with van der Waals surface area (Å²) < 4.78 is 0. The molecule has 0 aromatic rings. The molecule has 3 rings (SSSR count). The molecule has 98 valence electrons. The zero-order valence-corrected chi connectivity index (χ0v) is 11.5. The van der Waals surface area contributed by atoms with Crippen LogP contribution in [0.25, 0.3) is 0 Å². The average molecular weight is 236 g/mol. The predicted molar refractivity (Wildman–Crippen MR) is 71.8 cm³/mol. The van der Waals surface area contributed by atoms with Gasteiger partial charge in [0, 0.05) is 25.2 Å². The van der Waals surface area contributed by atoms with Gasteiger partial charge in [0.25, 0.3) is 0 Å². The lowest BCUT2D eigenvalue weighted by molar-refractivity contribution is 0.107. The van der Waals surface area contributed by atoms with Crippen LogP contribution in [-0.2, 0) is 0 Å². The van der Waals surface area contributed by atoms with Crippen molar-refractivity contribution < 1.29 is 0 Å². The number of fused-ring (bicyclic) bond motifs is 1. The molecule has 0 spiro atoms. The van der Waals surface area contributed by atoms with Crippen molar-refractivity contribution in [2.24, 2.45) is 23.0 Å². The van der Waals surface area contributed by atoms with Crippen molar-refractivity contribution in [2.75, 3.05) is 19.6 Å². The first-order valence-electron chi connectivity index (χ1n) is 7.50. The molecular weight excluding hydrogens is 208 g/mol. The van der Waals surface area contributed by atoms with Gasteiger partial charge in [-0.1, -0.05) is 20.3 Å². The lowest BCUT2D eigenvalue weighted by Gasteiger charge is -2.39. The number of nitrogens with two attached hydrogens (primary N) is 1. The molecule has 2 N–H and O–H groups in total. The molecule has 0 aromatic carbocycles. The highest BCUT2D eigenvalue weighted by molar-refractivity contribution is 5.05. The van der Waals surface area contributed by atoms with Crippen molar-refractivity contribution in [1.82, 2.24) is 4.90 Å². The molecule has 0 aromatic heterocycles. The summed E-state index contributed by atoms with van der Waals surface area (Å²) in [6.45, 7) is 8.40. The van der Waals surface area contributed by atoms with E-state index in [1.807, 2.05) is 0 Å². The van der Waals surface area contributed by atoms with Gasteiger partial charge in [0.2, 0.25) is 0 Å². The van der Waals surface area contributed by atoms with Gasteiger partial charge in [0.05, 0.1) is 0 Å². The fourth-order valence-electron chi connectivity index (χ4n) is 4.83. The molecule has 0 radical (unpaired) electrons. The number of nitrogens with zero attached hydrogens (tertiary/aromatic N) is 1. The van der Waals surface area contributed by atoms with Gasteiger partial charge >= 0.3 is 0 Å². The molecule has 2 saturated carbocycles. The summed E-state index contributed by atoms with van der Waals surface area (Å²) in [6, 6.07) is 0. The second-order valence-corrected chi connectivity index (χ2v) is 7.63. The Bertz CT molecular complexity index is 287. The van der Waals surface area contributed by atoms with E-state index < -0.39 is 0 Å². The van der Waals surface area contributed by atoms with E-state index in [9.17, 15) is 0 Å². The van der Waals surface area contributed by atoms with Crippen molar-refractivity contribution in [2.45, 2.75) is 57.9 Å². The number of hydrogen-bond acceptors (Lipinski definition) is 2. The molecule has 3 aliphatic rings. The Morgan fingerprint density at radius 3 is 2.24 bits per heavy atom. The van der Waals surface area contributed by atoms with E-state index in [2.05, 4.69) is 18.7 Å². The Balaban J connectivity index is 1.74. The standard InChI is InChI=1S/C15H28N2/c1-14(2)6-7-15(10-14,11-16)17-8-12-4-3-5-13(12)9-17/h12-13H,3-11,16H2,1-2H3. The summed E-state index contributed by atoms with van der Waals surface area (Å²) in [5, 5.41) is 0. The molecule has 17 heavy (non-hydrogen) atoms. The van der Waals surface area contributed by atoms with Crippen LogP contribution >= 0.6 is 0 Å². The molecule has 1 saturated heterocycles. The van der Waals surface area contributed by atoms with Gasteiger partial charge in [0.15, 0.2) is 0 Å². The van der Waals surface area contributed by atoms with Crippen LogP contribution in [0.15, 0.2) is 0 Å². The fraction of sp³-hybridized carbons (Fsp3) is 1.00. The van der Waals surface area contributed by atoms with Gasteiger partial charge in [-0.3, -0.25) is 4.90 Å². The second-order valence-electron chi connectivity index (χ2n) is 7.63. The summed E-state index contributed by atoms with van der Waals surface area (Å²) >= 11 is 0. The maximum atomic E-state index is 6.18. The van der Waals surface area contributed by atoms with Crippen molar-refractivity contribution in [3.63, 3.8) is 0 Å². The second kappa shape index (κ2) is 3.96. The summed E-state index contributed by atoms with van der Waals surface area (Å²) in [5.74, 6) is 2.00. The SMILES string of the molecule is CC1(C)CCC(CN)(N2CC3CCCC3C2)C1. The molecule has 2 aliphatic carbocycles. The Morgan fingerprint density at radius 2 is 1.76 bits per heavy atom. The Kier molecular flexibility index (Phi) is 2.79. The topological polar surface area (TPSA) is 29.3 Å². The van der Waals surface area contributed by atoms with E-state index in [0.29, 0.717) is 11.0 Å². The highest BCUT2D eigenvalue weighted by Crippen LogP contribution is 2.50. The van der Waals surface area contributed by atoms with E-state index in [4.69, 9.17) is 5.73 Å². The Labute approximate surface area is 106 Å². The smallest absolute Gasteiger partial charge is 0.0337 e. The van der Waals surface area contributed by atoms with Crippen molar-refractivity contribution in [3.05, 3.63) is 0 Å². The van der Waals surface area contributed by atoms with Crippen LogP contribution in [0.3, 0.4) is 0 Å². The number of rotatable bonds is 2. The quantitative estimate of drug-likeness (QED) is 0.798. The normalized spacial score (nSPS) is 45.4. The van der Waals surface area contributed by atoms with E-state index in [1.54, 1.807) is 0 Å². The Hall–Kier alpha value is -0.0800. The molecule has 1 heterocycles. The summed E-state index contributed by atoms with van der Waals surface area (Å²) in [6.07, 6.45) is 8.43. The first kappa shape index (κ1) is 12.0. The van der Waals surface area contributed by atoms with Gasteiger partial charge in [-0.15, -0.1) is 0 Å². The lowest BCUT2D eigenvalue weighted by atomic mass is 9.86. The molecule has 0 amide bonds. The van der Waals surface area contributed by atoms with E-state index >= 15 is 0 Å². The molecule has 1 aliphatic heterocycles. The minimum atomic E-state index is 0.355. The lowest BCUT2D eigenvalue weighted by Crippen LogP contribution is -2.51. The Morgan fingerprint density at radius 1 is 1.12 bits per heavy atom. The summed E-state index contributed by atoms with van der Waals surface area (Å²) in [5.41, 5.74) is 7.04. The van der Waals surface area contributed by atoms with Crippen LogP contribution in [0, 0.1) is 17.3 Å². The maximum absolute atomic E-state index is 6.18. The number of hydrogen-bond donors (Lipinski definition) is 1. The third kappa shape index (κ3) is 1.94. The minimum Gasteiger partial charge on any atom is -0.329 e. The van der Waals surface area contributed by atoms with Crippen LogP contribution < -0.4 is 5.73 Å². The van der Waals surface area contributed by atoms with E-state index in [-0.39, 0.29) is 0 Å². The third-order valence-corrected chi connectivity index (χ3v) is 5.85. The third-order valence-electron chi connectivity index (χ3n) is 5.85. The first-order chi connectivity index (χ1) is 8.05. The van der Waals surface area contributed by atoms with Gasteiger partial charge < -0.3 is 5.73 Å². The zero-order valence-electron chi connectivity index (χ0n) is 11.5. The highest BCUT2D eigenvalue weighted by Gasteiger charge is 2.50. The number of likely N-dealkylation sites (tertiary alicyclic amines) is 1. The van der Waals surface area contributed by atoms with E-state index in [0.717, 1.165) is 18.4 Å². The van der Waals surface area contributed by atoms with Crippen LogP contribution in [0.2, 0.25) is 0 Å². The monoisotopic (exact) mass is 236 g/mol. The zero-order chi connectivity index (χ0) is 12.1. The van der Waals surface area contributed by atoms with Gasteiger partial charge in [0.1, 0.15) is 0 Å². The van der Waals surface area contributed by atoms with Gasteiger partial charge in [-0.05, 0) is 49.4 Å². The molecule has 0 bridgehead atoms. The summed E-state index contributed by atoms with van der Waals surface area (Å²) in [7, 11) is 0. The van der Waals surface area contributed by atoms with E-state index in [1.165, 1.54) is 51.6 Å². The van der Waals surface area contributed by atoms with Crippen molar-refractivity contribution >= 4 is 0 Å². The van der Waals surface area contributed by atoms with Crippen LogP contribution in [0.5, 0.6) is 0 Å². The molecule has 2 nitrogen and oxygen atoms in total. The van der Waals surface area contributed by atoms with Gasteiger partial charge in [-0.2, -0.15) is 0 Å². The first-order valence-corrected chi connectivity index (χ1v) is 7.50. The molecule has 3 atom stereocenters. The average Bonchev–Trinajstić information content (AvgIpc) is 2.89. The van der Waals surface area contributed by atoms with Crippen LogP contribution in [0.4, 0.5) is 0 Å². The molecule has 3 unspecified atom stereocenters. The fourth-order valence-corrected chi connectivity index (χ4v) is 4.83. The maximum Gasteiger partial charge on any atom is 0.0337 e. The molecule has 3 fully saturated rings. The largest absolute Gasteiger partial charge is 0.329 e.